The molecule has 0 aromatic heterocycles. The Morgan fingerprint density at radius 1 is 1.00 bits per heavy atom. The van der Waals surface area contributed by atoms with Crippen LogP contribution in [0.2, 0.25) is 0 Å². The Labute approximate surface area is 149 Å². The van der Waals surface area contributed by atoms with Crippen LogP contribution >= 0.6 is 0 Å². The first-order valence-corrected chi connectivity index (χ1v) is 6.95. The molecule has 0 heterocycles. The molecule has 0 fully saturated rings. The first kappa shape index (κ1) is 19.0. The molecule has 1 amide bonds. The number of aromatic hydroxyl groups is 1. The topological polar surface area (TPSA) is 188 Å². The van der Waals surface area contributed by atoms with E-state index in [1.54, 1.807) is 0 Å². The zero-order valence-corrected chi connectivity index (χ0v) is 13.4. The minimum absolute atomic E-state index is 0.0540. The summed E-state index contributed by atoms with van der Waals surface area (Å²) in [6.45, 7) is 0. The van der Waals surface area contributed by atoms with Gasteiger partial charge in [-0.1, -0.05) is 0 Å². The number of methoxy groups -OCH3 is 1. The number of non-ortho nitro benzene ring substituents is 2. The van der Waals surface area contributed by atoms with Gasteiger partial charge in [-0.15, -0.1) is 0 Å². The van der Waals surface area contributed by atoms with E-state index in [1.165, 1.54) is 7.11 Å². The summed E-state index contributed by atoms with van der Waals surface area (Å²) in [5, 5.41) is 44.8. The average Bonchev–Trinajstić information content (AvgIpc) is 2.61. The third-order valence-electron chi connectivity index (χ3n) is 3.37. The molecule has 2 N–H and O–H groups in total. The third-order valence-corrected chi connectivity index (χ3v) is 3.37. The van der Waals surface area contributed by atoms with Crippen molar-refractivity contribution >= 4 is 28.7 Å². The van der Waals surface area contributed by atoms with Crippen LogP contribution in [0.4, 0.5) is 22.7 Å². The summed E-state index contributed by atoms with van der Waals surface area (Å²) < 4.78 is 4.93. The number of nitrogens with zero attached hydrogens (tertiary/aromatic N) is 3. The van der Waals surface area contributed by atoms with Crippen LogP contribution in [0.1, 0.15) is 10.4 Å². The molecule has 140 valence electrons. The second kappa shape index (κ2) is 7.30. The van der Waals surface area contributed by atoms with Gasteiger partial charge in [0, 0.05) is 12.1 Å². The van der Waals surface area contributed by atoms with Gasteiger partial charge < -0.3 is 15.2 Å². The van der Waals surface area contributed by atoms with Crippen LogP contribution < -0.4 is 10.1 Å². The fourth-order valence-corrected chi connectivity index (χ4v) is 2.11. The van der Waals surface area contributed by atoms with E-state index < -0.39 is 43.4 Å². The number of benzene rings is 2. The predicted octanol–water partition coefficient (Wildman–Crippen LogP) is 2.38. The smallest absolute Gasteiger partial charge is 0.318 e. The Morgan fingerprint density at radius 2 is 1.63 bits per heavy atom. The molecule has 0 spiro atoms. The summed E-state index contributed by atoms with van der Waals surface area (Å²) in [6, 6.07) is 4.39. The lowest BCUT2D eigenvalue weighted by molar-refractivity contribution is -0.394. The maximum absolute atomic E-state index is 12.4. The molecule has 27 heavy (non-hydrogen) atoms. The Balaban J connectivity index is 2.48. The molecule has 0 saturated carbocycles. The van der Waals surface area contributed by atoms with Gasteiger partial charge in [-0.05, 0) is 6.07 Å². The summed E-state index contributed by atoms with van der Waals surface area (Å²) in [5.74, 6) is -2.28. The zero-order valence-electron chi connectivity index (χ0n) is 13.4. The van der Waals surface area contributed by atoms with E-state index in [1.807, 2.05) is 0 Å². The maximum atomic E-state index is 12.4. The number of carbonyl (C=O) groups is 1. The highest BCUT2D eigenvalue weighted by molar-refractivity contribution is 6.08. The number of phenols is 1. The molecule has 2 rings (SSSR count). The lowest BCUT2D eigenvalue weighted by Crippen LogP contribution is -2.14. The number of nitro benzene ring substituents is 3. The van der Waals surface area contributed by atoms with Crippen molar-refractivity contribution in [2.45, 2.75) is 0 Å². The molecule has 0 aliphatic carbocycles. The third kappa shape index (κ3) is 3.87. The summed E-state index contributed by atoms with van der Waals surface area (Å²) in [6.07, 6.45) is 0. The van der Waals surface area contributed by atoms with Crippen LogP contribution in [-0.4, -0.2) is 32.9 Å². The quantitative estimate of drug-likeness (QED) is 0.561. The van der Waals surface area contributed by atoms with Gasteiger partial charge in [0.1, 0.15) is 5.75 Å². The lowest BCUT2D eigenvalue weighted by atomic mass is 10.1. The van der Waals surface area contributed by atoms with Crippen molar-refractivity contribution in [1.82, 2.24) is 0 Å². The number of amides is 1. The minimum atomic E-state index is -1.12. The molecule has 2 aromatic carbocycles. The SMILES string of the molecule is COc1cc([N+](=O)[O-])ccc1NC(=O)c1cc([N+](=O)[O-])cc([N+](=O)[O-])c1O. The van der Waals surface area contributed by atoms with E-state index in [0.717, 1.165) is 18.2 Å². The minimum Gasteiger partial charge on any atom is -0.502 e. The molecular formula is C14H10N4O9. The molecule has 13 nitrogen and oxygen atoms in total. The molecule has 0 radical (unpaired) electrons. The van der Waals surface area contributed by atoms with Crippen LogP contribution in [0.25, 0.3) is 0 Å². The van der Waals surface area contributed by atoms with Gasteiger partial charge >= 0.3 is 5.69 Å². The molecule has 2 aromatic rings. The average molecular weight is 378 g/mol. The number of nitrogens with one attached hydrogen (secondary N) is 1. The van der Waals surface area contributed by atoms with Crippen LogP contribution in [0.3, 0.4) is 0 Å². The molecule has 0 aliphatic rings. The summed E-state index contributed by atoms with van der Waals surface area (Å²) in [7, 11) is 1.18. The Kier molecular flexibility index (Phi) is 5.15. The number of phenolic OH excluding ortho intramolecular Hbond substituents is 1. The van der Waals surface area contributed by atoms with Crippen molar-refractivity contribution in [3.8, 4) is 11.5 Å². The number of ether oxygens (including phenoxy) is 1. The monoisotopic (exact) mass is 378 g/mol. The summed E-state index contributed by atoms with van der Waals surface area (Å²) in [5.41, 5.74) is -2.90. The highest BCUT2D eigenvalue weighted by Gasteiger charge is 2.27. The van der Waals surface area contributed by atoms with Gasteiger partial charge in [0.25, 0.3) is 17.3 Å². The van der Waals surface area contributed by atoms with Gasteiger partial charge in [-0.25, -0.2) is 0 Å². The Bertz CT molecular complexity index is 973. The number of hydrogen-bond acceptors (Lipinski definition) is 9. The maximum Gasteiger partial charge on any atom is 0.318 e. The number of hydrogen-bond donors (Lipinski definition) is 2. The second-order valence-electron chi connectivity index (χ2n) is 4.97. The van der Waals surface area contributed by atoms with Gasteiger partial charge in [0.2, 0.25) is 5.75 Å². The van der Waals surface area contributed by atoms with E-state index in [2.05, 4.69) is 5.32 Å². The first-order valence-electron chi connectivity index (χ1n) is 6.95. The fraction of sp³-hybridized carbons (Fsp3) is 0.0714. The van der Waals surface area contributed by atoms with E-state index in [0.29, 0.717) is 12.1 Å². The van der Waals surface area contributed by atoms with Gasteiger partial charge in [0.05, 0.1) is 45.3 Å². The van der Waals surface area contributed by atoms with Crippen molar-refractivity contribution in [2.24, 2.45) is 0 Å². The lowest BCUT2D eigenvalue weighted by Gasteiger charge is -2.11. The van der Waals surface area contributed by atoms with Crippen molar-refractivity contribution in [3.05, 3.63) is 66.2 Å². The van der Waals surface area contributed by atoms with E-state index >= 15 is 0 Å². The highest BCUT2D eigenvalue weighted by atomic mass is 16.6. The Morgan fingerprint density at radius 3 is 2.15 bits per heavy atom. The van der Waals surface area contributed by atoms with E-state index in [9.17, 15) is 40.2 Å². The van der Waals surface area contributed by atoms with E-state index in [4.69, 9.17) is 4.74 Å². The van der Waals surface area contributed by atoms with Crippen LogP contribution in [-0.2, 0) is 0 Å². The van der Waals surface area contributed by atoms with E-state index in [-0.39, 0.29) is 17.1 Å². The standard InChI is InChI=1S/C14H10N4O9/c1-27-12-6-7(16(21)22)2-3-10(12)15-14(20)9-4-8(17(23)24)5-11(13(9)19)18(25)26/h2-6,19H,1H3,(H,15,20). The fourth-order valence-electron chi connectivity index (χ4n) is 2.11. The molecule has 0 unspecified atom stereocenters. The number of anilines is 1. The predicted molar refractivity (Wildman–Crippen MR) is 89.0 cm³/mol. The number of nitro groups is 3. The second-order valence-corrected chi connectivity index (χ2v) is 4.97. The zero-order chi connectivity index (χ0) is 20.3. The molecule has 0 bridgehead atoms. The van der Waals surface area contributed by atoms with Crippen molar-refractivity contribution in [1.29, 1.82) is 0 Å². The van der Waals surface area contributed by atoms with Crippen LogP contribution in [0, 0.1) is 30.3 Å². The summed E-state index contributed by atoms with van der Waals surface area (Å²) >= 11 is 0. The molecule has 0 atom stereocenters. The van der Waals surface area contributed by atoms with Crippen LogP contribution in [0.5, 0.6) is 11.5 Å². The van der Waals surface area contributed by atoms with Crippen molar-refractivity contribution in [2.75, 3.05) is 12.4 Å². The van der Waals surface area contributed by atoms with Gasteiger partial charge in [-0.3, -0.25) is 35.1 Å². The number of carbonyl (C=O) groups excluding carboxylic acids is 1. The molecule has 13 heteroatoms. The largest absolute Gasteiger partial charge is 0.502 e. The molecular weight excluding hydrogens is 368 g/mol. The van der Waals surface area contributed by atoms with Gasteiger partial charge in [0.15, 0.2) is 0 Å². The highest BCUT2D eigenvalue weighted by Crippen LogP contribution is 2.36. The van der Waals surface area contributed by atoms with Crippen LogP contribution in [0.15, 0.2) is 30.3 Å². The normalized spacial score (nSPS) is 10.1. The van der Waals surface area contributed by atoms with Crippen molar-refractivity contribution < 1.29 is 29.4 Å². The number of rotatable bonds is 6. The van der Waals surface area contributed by atoms with Crippen molar-refractivity contribution in [3.63, 3.8) is 0 Å². The summed E-state index contributed by atoms with van der Waals surface area (Å²) in [4.78, 5) is 42.3. The molecule has 0 aliphatic heterocycles. The first-order chi connectivity index (χ1) is 12.6. The molecule has 0 saturated heterocycles. The van der Waals surface area contributed by atoms with Gasteiger partial charge in [-0.2, -0.15) is 0 Å². The Hall–Kier alpha value is -4.29.